The number of carbonyl (C=O) groups excluding carboxylic acids is 1. The van der Waals surface area contributed by atoms with Crippen LogP contribution in [-0.2, 0) is 16.0 Å². The van der Waals surface area contributed by atoms with E-state index >= 15 is 0 Å². The molecular formula is C22H18N2O5. The molecule has 5 rings (SSSR count). The Bertz CT molecular complexity index is 1170. The molecule has 0 spiro atoms. The molecule has 1 aromatic heterocycles. The van der Waals surface area contributed by atoms with E-state index < -0.39 is 24.0 Å². The summed E-state index contributed by atoms with van der Waals surface area (Å²) in [7, 11) is 0. The molecule has 0 aliphatic carbocycles. The molecule has 2 atom stereocenters. The van der Waals surface area contributed by atoms with Gasteiger partial charge in [0.15, 0.2) is 11.5 Å². The molecule has 2 N–H and O–H groups in total. The van der Waals surface area contributed by atoms with Crippen LogP contribution in [0.25, 0.3) is 10.9 Å². The number of aliphatic carboxylic acids is 1. The summed E-state index contributed by atoms with van der Waals surface area (Å²) >= 11 is 0. The molecule has 7 heteroatoms. The Labute approximate surface area is 166 Å². The van der Waals surface area contributed by atoms with Gasteiger partial charge in [-0.25, -0.2) is 4.79 Å². The Hall–Kier alpha value is -3.74. The van der Waals surface area contributed by atoms with Crippen LogP contribution in [0.3, 0.4) is 0 Å². The molecule has 0 bridgehead atoms. The number of carboxylic acids is 1. The molecule has 1 amide bonds. The Morgan fingerprint density at radius 1 is 1.17 bits per heavy atom. The van der Waals surface area contributed by atoms with Crippen molar-refractivity contribution in [3.05, 3.63) is 71.9 Å². The molecule has 2 aliphatic rings. The lowest BCUT2D eigenvalue weighted by atomic mass is 9.87. The largest absolute Gasteiger partial charge is 0.480 e. The van der Waals surface area contributed by atoms with Gasteiger partial charge in [-0.1, -0.05) is 30.8 Å². The second-order valence-electron chi connectivity index (χ2n) is 7.09. The summed E-state index contributed by atoms with van der Waals surface area (Å²) in [5, 5.41) is 10.9. The van der Waals surface area contributed by atoms with Gasteiger partial charge in [0.05, 0.1) is 6.04 Å². The van der Waals surface area contributed by atoms with Crippen LogP contribution in [0.5, 0.6) is 11.5 Å². The van der Waals surface area contributed by atoms with E-state index in [1.54, 1.807) is 12.1 Å². The summed E-state index contributed by atoms with van der Waals surface area (Å²) in [6.45, 7) is 3.71. The van der Waals surface area contributed by atoms with Crippen molar-refractivity contribution in [2.45, 2.75) is 18.5 Å². The zero-order valence-corrected chi connectivity index (χ0v) is 15.4. The van der Waals surface area contributed by atoms with Gasteiger partial charge in [-0.05, 0) is 35.4 Å². The van der Waals surface area contributed by atoms with Crippen LogP contribution < -0.4 is 9.47 Å². The molecule has 0 radical (unpaired) electrons. The third-order valence-corrected chi connectivity index (χ3v) is 5.56. The van der Waals surface area contributed by atoms with Gasteiger partial charge in [0, 0.05) is 23.0 Å². The fourth-order valence-electron chi connectivity index (χ4n) is 4.29. The van der Waals surface area contributed by atoms with Crippen molar-refractivity contribution >= 4 is 22.8 Å². The van der Waals surface area contributed by atoms with Crippen LogP contribution in [-0.4, -0.2) is 39.7 Å². The molecule has 3 aromatic rings. The first-order valence-electron chi connectivity index (χ1n) is 9.25. The SMILES string of the molecule is C=CC(=O)N1[C@H](c2ccc3c(c2)OCO3)c2[nH]c3ccccc3c2C[C@H]1C(=O)O. The highest BCUT2D eigenvalue weighted by Crippen LogP contribution is 2.43. The van der Waals surface area contributed by atoms with Crippen LogP contribution in [0.4, 0.5) is 0 Å². The number of para-hydroxylation sites is 1. The van der Waals surface area contributed by atoms with Gasteiger partial charge >= 0.3 is 5.97 Å². The van der Waals surface area contributed by atoms with Crippen molar-refractivity contribution in [2.75, 3.05) is 6.79 Å². The van der Waals surface area contributed by atoms with Crippen molar-refractivity contribution in [1.82, 2.24) is 9.88 Å². The number of ether oxygens (including phenoxy) is 2. The zero-order chi connectivity index (χ0) is 20.1. The molecule has 0 saturated heterocycles. The summed E-state index contributed by atoms with van der Waals surface area (Å²) in [6.07, 6.45) is 1.37. The molecule has 7 nitrogen and oxygen atoms in total. The lowest BCUT2D eigenvalue weighted by Crippen LogP contribution is -2.51. The maximum atomic E-state index is 12.8. The Kier molecular flexibility index (Phi) is 3.84. The molecular weight excluding hydrogens is 372 g/mol. The minimum absolute atomic E-state index is 0.133. The number of aromatic amines is 1. The topological polar surface area (TPSA) is 91.9 Å². The average molecular weight is 390 g/mol. The van der Waals surface area contributed by atoms with Crippen molar-refractivity contribution < 1.29 is 24.2 Å². The molecule has 0 unspecified atom stereocenters. The van der Waals surface area contributed by atoms with E-state index in [0.29, 0.717) is 11.5 Å². The first-order valence-corrected chi connectivity index (χ1v) is 9.25. The lowest BCUT2D eigenvalue weighted by Gasteiger charge is -2.40. The number of hydrogen-bond donors (Lipinski definition) is 2. The lowest BCUT2D eigenvalue weighted by molar-refractivity contribution is -0.150. The van der Waals surface area contributed by atoms with Crippen LogP contribution in [0, 0.1) is 0 Å². The summed E-state index contributed by atoms with van der Waals surface area (Å²) in [4.78, 5) is 29.7. The van der Waals surface area contributed by atoms with E-state index in [2.05, 4.69) is 11.6 Å². The number of amides is 1. The summed E-state index contributed by atoms with van der Waals surface area (Å²) < 4.78 is 10.9. The zero-order valence-electron chi connectivity index (χ0n) is 15.4. The molecule has 3 heterocycles. The molecule has 146 valence electrons. The smallest absolute Gasteiger partial charge is 0.326 e. The maximum Gasteiger partial charge on any atom is 0.326 e. The van der Waals surface area contributed by atoms with Gasteiger partial charge in [0.25, 0.3) is 0 Å². The molecule has 0 fully saturated rings. The number of nitrogens with one attached hydrogen (secondary N) is 1. The van der Waals surface area contributed by atoms with Crippen LogP contribution in [0.15, 0.2) is 55.1 Å². The first kappa shape index (κ1) is 17.4. The number of carbonyl (C=O) groups is 2. The fraction of sp³-hybridized carbons (Fsp3) is 0.182. The van der Waals surface area contributed by atoms with Gasteiger partial charge < -0.3 is 24.5 Å². The molecule has 2 aliphatic heterocycles. The summed E-state index contributed by atoms with van der Waals surface area (Å²) in [6, 6.07) is 11.5. The van der Waals surface area contributed by atoms with E-state index in [9.17, 15) is 14.7 Å². The van der Waals surface area contributed by atoms with Gasteiger partial charge in [0.1, 0.15) is 6.04 Å². The van der Waals surface area contributed by atoms with Gasteiger partial charge in [-0.3, -0.25) is 4.79 Å². The standard InChI is InChI=1S/C22H18N2O5/c1-2-19(25)24-16(22(26)27)10-14-13-5-3-4-6-15(13)23-20(14)21(24)12-7-8-17-18(9-12)29-11-28-17/h2-9,16,21,23H,1,10-11H2,(H,26,27)/t16-,21+/m0/s1. The van der Waals surface area contributed by atoms with Gasteiger partial charge in [0.2, 0.25) is 12.7 Å². The van der Waals surface area contributed by atoms with Crippen molar-refractivity contribution in [2.24, 2.45) is 0 Å². The number of rotatable bonds is 3. The quantitative estimate of drug-likeness (QED) is 0.671. The van der Waals surface area contributed by atoms with E-state index in [4.69, 9.17) is 9.47 Å². The third-order valence-electron chi connectivity index (χ3n) is 5.56. The Balaban J connectivity index is 1.77. The van der Waals surface area contributed by atoms with Crippen molar-refractivity contribution in [1.29, 1.82) is 0 Å². The van der Waals surface area contributed by atoms with Gasteiger partial charge in [-0.15, -0.1) is 0 Å². The van der Waals surface area contributed by atoms with E-state index in [0.717, 1.165) is 33.8 Å². The third kappa shape index (κ3) is 2.58. The Morgan fingerprint density at radius 2 is 1.97 bits per heavy atom. The van der Waals surface area contributed by atoms with Crippen LogP contribution >= 0.6 is 0 Å². The van der Waals surface area contributed by atoms with Crippen LogP contribution in [0.2, 0.25) is 0 Å². The highest BCUT2D eigenvalue weighted by atomic mass is 16.7. The normalized spacial score (nSPS) is 19.8. The first-order chi connectivity index (χ1) is 14.1. The fourth-order valence-corrected chi connectivity index (χ4v) is 4.29. The number of carboxylic acid groups (broad SMARTS) is 1. The molecule has 29 heavy (non-hydrogen) atoms. The average Bonchev–Trinajstić information content (AvgIpc) is 3.35. The number of fused-ring (bicyclic) bond motifs is 4. The minimum atomic E-state index is -1.05. The number of nitrogens with zero attached hydrogens (tertiary/aromatic N) is 1. The predicted molar refractivity (Wildman–Crippen MR) is 105 cm³/mol. The summed E-state index contributed by atoms with van der Waals surface area (Å²) in [5.41, 5.74) is 3.35. The molecule has 0 saturated carbocycles. The van der Waals surface area contributed by atoms with Crippen molar-refractivity contribution in [3.63, 3.8) is 0 Å². The predicted octanol–water partition coefficient (Wildman–Crippen LogP) is 3.01. The van der Waals surface area contributed by atoms with E-state index in [1.807, 2.05) is 30.3 Å². The minimum Gasteiger partial charge on any atom is -0.480 e. The second kappa shape index (κ2) is 6.41. The second-order valence-corrected chi connectivity index (χ2v) is 7.09. The number of H-pyrrole nitrogens is 1. The maximum absolute atomic E-state index is 12.8. The summed E-state index contributed by atoms with van der Waals surface area (Å²) in [5.74, 6) is -0.298. The van der Waals surface area contributed by atoms with E-state index in [1.165, 1.54) is 4.90 Å². The van der Waals surface area contributed by atoms with Gasteiger partial charge in [-0.2, -0.15) is 0 Å². The van der Waals surface area contributed by atoms with Crippen LogP contribution in [0.1, 0.15) is 22.9 Å². The van der Waals surface area contributed by atoms with E-state index in [-0.39, 0.29) is 13.2 Å². The number of aromatic nitrogens is 1. The Morgan fingerprint density at radius 3 is 2.76 bits per heavy atom. The van der Waals surface area contributed by atoms with Crippen molar-refractivity contribution in [3.8, 4) is 11.5 Å². The molecule has 2 aromatic carbocycles. The monoisotopic (exact) mass is 390 g/mol. The number of benzene rings is 2. The highest BCUT2D eigenvalue weighted by Gasteiger charge is 2.43. The highest BCUT2D eigenvalue weighted by molar-refractivity contribution is 5.94. The number of hydrogen-bond acceptors (Lipinski definition) is 4.